The second kappa shape index (κ2) is 9.65. The van der Waals surface area contributed by atoms with E-state index in [0.717, 1.165) is 9.65 Å². The van der Waals surface area contributed by atoms with Crippen LogP contribution in [-0.2, 0) is 9.53 Å². The molecule has 6 nitrogen and oxygen atoms in total. The maximum Gasteiger partial charge on any atom is 0.410 e. The molecule has 0 aliphatic carbocycles. The number of hydrogen-bond acceptors (Lipinski definition) is 4. The Hall–Kier alpha value is -1.77. The van der Waals surface area contributed by atoms with E-state index in [4.69, 9.17) is 14.6 Å². The Balaban J connectivity index is 2.70. The largest absolute Gasteiger partial charge is 0.492 e. The first-order chi connectivity index (χ1) is 11.6. The summed E-state index contributed by atoms with van der Waals surface area (Å²) in [5.41, 5.74) is -0.0795. The predicted molar refractivity (Wildman–Crippen MR) is 104 cm³/mol. The summed E-state index contributed by atoms with van der Waals surface area (Å²) in [4.78, 5) is 24.6. The molecule has 0 atom stereocenters. The van der Waals surface area contributed by atoms with Gasteiger partial charge in [-0.2, -0.15) is 0 Å². The minimum atomic E-state index is -1.04. The fourth-order valence-electron chi connectivity index (χ4n) is 1.92. The number of carbonyl (C=O) groups excluding carboxylic acids is 1. The van der Waals surface area contributed by atoms with Gasteiger partial charge in [0, 0.05) is 16.2 Å². The van der Waals surface area contributed by atoms with Crippen molar-refractivity contribution in [3.8, 4) is 5.75 Å². The van der Waals surface area contributed by atoms with Crippen LogP contribution in [-0.4, -0.2) is 47.4 Å². The number of aliphatic carboxylic acids is 1. The van der Waals surface area contributed by atoms with Crippen molar-refractivity contribution in [1.82, 2.24) is 4.90 Å². The van der Waals surface area contributed by atoms with Crippen LogP contribution in [0.4, 0.5) is 4.79 Å². The minimum Gasteiger partial charge on any atom is -0.492 e. The first kappa shape index (κ1) is 21.3. The number of halogens is 1. The minimum absolute atomic E-state index is 0.164. The molecule has 138 valence electrons. The van der Waals surface area contributed by atoms with E-state index in [1.165, 1.54) is 4.90 Å². The molecule has 0 saturated heterocycles. The van der Waals surface area contributed by atoms with Gasteiger partial charge >= 0.3 is 12.1 Å². The molecule has 0 fully saturated rings. The van der Waals surface area contributed by atoms with E-state index in [1.54, 1.807) is 27.7 Å². The van der Waals surface area contributed by atoms with Crippen LogP contribution in [0.15, 0.2) is 35.9 Å². The second-order valence-electron chi connectivity index (χ2n) is 6.53. The van der Waals surface area contributed by atoms with Gasteiger partial charge < -0.3 is 19.5 Å². The summed E-state index contributed by atoms with van der Waals surface area (Å²) in [6.45, 7) is 7.73. The first-order valence-corrected chi connectivity index (χ1v) is 8.91. The number of amides is 1. The van der Waals surface area contributed by atoms with Crippen LogP contribution in [0, 0.1) is 3.57 Å². The van der Waals surface area contributed by atoms with Gasteiger partial charge in [0.2, 0.25) is 0 Å². The molecule has 0 aromatic heterocycles. The molecule has 0 aliphatic heterocycles. The Bertz CT molecular complexity index is 619. The van der Waals surface area contributed by atoms with E-state index in [9.17, 15) is 9.59 Å². The van der Waals surface area contributed by atoms with Crippen molar-refractivity contribution in [2.75, 3.05) is 19.7 Å². The molecular formula is C18H24INO5. The Morgan fingerprint density at radius 1 is 1.24 bits per heavy atom. The highest BCUT2D eigenvalue weighted by molar-refractivity contribution is 14.1. The van der Waals surface area contributed by atoms with Crippen LogP contribution in [0.1, 0.15) is 27.7 Å². The molecule has 1 rings (SSSR count). The number of ether oxygens (including phenoxy) is 2. The molecule has 0 saturated carbocycles. The zero-order valence-electron chi connectivity index (χ0n) is 14.9. The van der Waals surface area contributed by atoms with Crippen molar-refractivity contribution in [3.63, 3.8) is 0 Å². The molecule has 1 amide bonds. The lowest BCUT2D eigenvalue weighted by atomic mass is 10.2. The summed E-state index contributed by atoms with van der Waals surface area (Å²) in [6, 6.07) is 7.58. The predicted octanol–water partition coefficient (Wildman–Crippen LogP) is 3.94. The number of carbonyl (C=O) groups is 2. The molecular weight excluding hydrogens is 437 g/mol. The highest BCUT2D eigenvalue weighted by Crippen LogP contribution is 2.14. The first-order valence-electron chi connectivity index (χ1n) is 7.83. The molecule has 1 N–H and O–H groups in total. The number of carboxylic acid groups (broad SMARTS) is 1. The third kappa shape index (κ3) is 9.33. The highest BCUT2D eigenvalue weighted by Gasteiger charge is 2.22. The van der Waals surface area contributed by atoms with Gasteiger partial charge in [-0.3, -0.25) is 0 Å². The van der Waals surface area contributed by atoms with Crippen LogP contribution in [0.3, 0.4) is 0 Å². The number of rotatable bonds is 7. The zero-order valence-corrected chi connectivity index (χ0v) is 17.1. The van der Waals surface area contributed by atoms with Crippen LogP contribution in [0.5, 0.6) is 5.75 Å². The molecule has 0 spiro atoms. The third-order valence-corrected chi connectivity index (χ3v) is 3.62. The van der Waals surface area contributed by atoms with Crippen LogP contribution >= 0.6 is 22.6 Å². The van der Waals surface area contributed by atoms with Gasteiger partial charge in [-0.1, -0.05) is 0 Å². The standard InChI is InChI=1S/C18H24INO5/c1-13(11-16(21)22)12-20(17(23)25-18(2,3)4)9-10-24-15-7-5-14(19)6-8-15/h5-8,11H,9-10,12H2,1-4H3,(H,21,22). The molecule has 0 radical (unpaired) electrons. The van der Waals surface area contributed by atoms with Gasteiger partial charge in [-0.25, -0.2) is 9.59 Å². The fraction of sp³-hybridized carbons (Fsp3) is 0.444. The van der Waals surface area contributed by atoms with Gasteiger partial charge in [0.1, 0.15) is 18.0 Å². The topological polar surface area (TPSA) is 76.1 Å². The van der Waals surface area contributed by atoms with Crippen molar-refractivity contribution in [2.45, 2.75) is 33.3 Å². The van der Waals surface area contributed by atoms with E-state index >= 15 is 0 Å². The lowest BCUT2D eigenvalue weighted by Crippen LogP contribution is -2.40. The van der Waals surface area contributed by atoms with Crippen molar-refractivity contribution in [2.24, 2.45) is 0 Å². The molecule has 0 bridgehead atoms. The van der Waals surface area contributed by atoms with Crippen molar-refractivity contribution in [1.29, 1.82) is 0 Å². The fourth-order valence-corrected chi connectivity index (χ4v) is 2.28. The number of carboxylic acids is 1. The Morgan fingerprint density at radius 2 is 1.84 bits per heavy atom. The van der Waals surface area contributed by atoms with E-state index in [2.05, 4.69) is 22.6 Å². The average molecular weight is 461 g/mol. The molecule has 0 unspecified atom stereocenters. The van der Waals surface area contributed by atoms with Gasteiger partial charge in [-0.15, -0.1) is 0 Å². The van der Waals surface area contributed by atoms with E-state index in [1.807, 2.05) is 24.3 Å². The Labute approximate surface area is 161 Å². The molecule has 25 heavy (non-hydrogen) atoms. The summed E-state index contributed by atoms with van der Waals surface area (Å²) < 4.78 is 12.1. The smallest absolute Gasteiger partial charge is 0.410 e. The lowest BCUT2D eigenvalue weighted by Gasteiger charge is -2.27. The Morgan fingerprint density at radius 3 is 2.36 bits per heavy atom. The summed E-state index contributed by atoms with van der Waals surface area (Å²) in [5.74, 6) is -0.334. The lowest BCUT2D eigenvalue weighted by molar-refractivity contribution is -0.131. The van der Waals surface area contributed by atoms with Crippen molar-refractivity contribution >= 4 is 34.7 Å². The summed E-state index contributed by atoms with van der Waals surface area (Å²) in [7, 11) is 0. The van der Waals surface area contributed by atoms with E-state index in [0.29, 0.717) is 11.3 Å². The quantitative estimate of drug-likeness (QED) is 0.492. The van der Waals surface area contributed by atoms with E-state index < -0.39 is 17.7 Å². The Kier molecular flexibility index (Phi) is 8.21. The van der Waals surface area contributed by atoms with Crippen LogP contribution in [0.25, 0.3) is 0 Å². The van der Waals surface area contributed by atoms with Crippen LogP contribution in [0.2, 0.25) is 0 Å². The number of nitrogens with zero attached hydrogens (tertiary/aromatic N) is 1. The molecule has 0 aliphatic rings. The van der Waals surface area contributed by atoms with Crippen molar-refractivity contribution in [3.05, 3.63) is 39.5 Å². The monoisotopic (exact) mass is 461 g/mol. The molecule has 1 aromatic rings. The highest BCUT2D eigenvalue weighted by atomic mass is 127. The third-order valence-electron chi connectivity index (χ3n) is 2.91. The normalized spacial score (nSPS) is 11.8. The van der Waals surface area contributed by atoms with Crippen molar-refractivity contribution < 1.29 is 24.2 Å². The maximum atomic E-state index is 12.3. The zero-order chi connectivity index (χ0) is 19.0. The van der Waals surface area contributed by atoms with Gasteiger partial charge in [0.25, 0.3) is 0 Å². The average Bonchev–Trinajstić information content (AvgIpc) is 2.45. The van der Waals surface area contributed by atoms with E-state index in [-0.39, 0.29) is 19.7 Å². The molecule has 0 heterocycles. The SMILES string of the molecule is CC(=CC(=O)O)CN(CCOc1ccc(I)cc1)C(=O)OC(C)(C)C. The number of hydrogen-bond donors (Lipinski definition) is 1. The van der Waals surface area contributed by atoms with Gasteiger partial charge in [-0.05, 0) is 80.1 Å². The molecule has 7 heteroatoms. The summed E-state index contributed by atoms with van der Waals surface area (Å²) >= 11 is 2.21. The van der Waals surface area contributed by atoms with Gasteiger partial charge in [0.05, 0.1) is 6.54 Å². The maximum absolute atomic E-state index is 12.3. The summed E-state index contributed by atoms with van der Waals surface area (Å²) in [5, 5.41) is 8.83. The van der Waals surface area contributed by atoms with Crippen LogP contribution < -0.4 is 4.74 Å². The second-order valence-corrected chi connectivity index (χ2v) is 7.78. The number of benzene rings is 1. The van der Waals surface area contributed by atoms with Gasteiger partial charge in [0.15, 0.2) is 0 Å². The summed E-state index contributed by atoms with van der Waals surface area (Å²) in [6.07, 6.45) is 0.578. The molecule has 1 aromatic carbocycles.